The Morgan fingerprint density at radius 1 is 1.29 bits per heavy atom. The summed E-state index contributed by atoms with van der Waals surface area (Å²) in [5, 5.41) is 17.6. The summed E-state index contributed by atoms with van der Waals surface area (Å²) in [5.74, 6) is 0.506. The highest BCUT2D eigenvalue weighted by atomic mass is 15.1. The van der Waals surface area contributed by atoms with Gasteiger partial charge in [0.15, 0.2) is 6.19 Å². The first-order valence-corrected chi connectivity index (χ1v) is 5.96. The number of aromatic nitrogens is 2. The Morgan fingerprint density at radius 2 is 2.06 bits per heavy atom. The molecule has 4 heteroatoms. The first-order chi connectivity index (χ1) is 8.38. The van der Waals surface area contributed by atoms with Crippen LogP contribution in [0, 0.1) is 11.5 Å². The van der Waals surface area contributed by atoms with Crippen molar-refractivity contribution < 1.29 is 0 Å². The maximum absolute atomic E-state index is 8.84. The van der Waals surface area contributed by atoms with Gasteiger partial charge >= 0.3 is 0 Å². The van der Waals surface area contributed by atoms with E-state index in [9.17, 15) is 0 Å². The van der Waals surface area contributed by atoms with Crippen LogP contribution >= 0.6 is 0 Å². The zero-order valence-corrected chi connectivity index (χ0v) is 9.56. The van der Waals surface area contributed by atoms with Crippen LogP contribution in [0.1, 0.15) is 24.5 Å². The van der Waals surface area contributed by atoms with Gasteiger partial charge in [-0.1, -0.05) is 18.2 Å². The van der Waals surface area contributed by atoms with E-state index in [1.165, 1.54) is 11.1 Å². The van der Waals surface area contributed by atoms with Gasteiger partial charge in [-0.2, -0.15) is 10.4 Å². The fourth-order valence-electron chi connectivity index (χ4n) is 2.56. The van der Waals surface area contributed by atoms with Crippen LogP contribution in [0.15, 0.2) is 24.3 Å². The van der Waals surface area contributed by atoms with E-state index in [0.29, 0.717) is 5.92 Å². The minimum absolute atomic E-state index is 0.506. The van der Waals surface area contributed by atoms with Gasteiger partial charge in [-0.05, 0) is 18.9 Å². The SMILES string of the molecule is N#CN1CCC(c2[nH]nc3ccccc23)CC1. The number of rotatable bonds is 1. The van der Waals surface area contributed by atoms with Crippen molar-refractivity contribution in [1.82, 2.24) is 15.1 Å². The number of nitrogens with zero attached hydrogens (tertiary/aromatic N) is 3. The predicted octanol–water partition coefficient (Wildman–Crippen LogP) is 2.22. The van der Waals surface area contributed by atoms with E-state index in [4.69, 9.17) is 5.26 Å². The van der Waals surface area contributed by atoms with Crippen LogP contribution in [0.25, 0.3) is 10.9 Å². The van der Waals surface area contributed by atoms with Gasteiger partial charge in [0.2, 0.25) is 0 Å². The molecular formula is C13H14N4. The van der Waals surface area contributed by atoms with Gasteiger partial charge in [0, 0.05) is 30.1 Å². The zero-order chi connectivity index (χ0) is 11.7. The van der Waals surface area contributed by atoms with Crippen molar-refractivity contribution in [2.75, 3.05) is 13.1 Å². The molecule has 17 heavy (non-hydrogen) atoms. The highest BCUT2D eigenvalue weighted by molar-refractivity contribution is 5.81. The molecule has 1 N–H and O–H groups in total. The molecule has 2 aromatic rings. The van der Waals surface area contributed by atoms with E-state index in [2.05, 4.69) is 22.5 Å². The normalized spacial score (nSPS) is 17.2. The molecule has 0 spiro atoms. The van der Waals surface area contributed by atoms with Crippen molar-refractivity contribution in [2.45, 2.75) is 18.8 Å². The summed E-state index contributed by atoms with van der Waals surface area (Å²) in [6.45, 7) is 1.71. The third-order valence-corrected chi connectivity index (χ3v) is 3.54. The average molecular weight is 226 g/mol. The van der Waals surface area contributed by atoms with Gasteiger partial charge in [-0.3, -0.25) is 5.10 Å². The van der Waals surface area contributed by atoms with Crippen molar-refractivity contribution >= 4 is 10.9 Å². The van der Waals surface area contributed by atoms with E-state index >= 15 is 0 Å². The topological polar surface area (TPSA) is 55.7 Å². The fraction of sp³-hybridized carbons (Fsp3) is 0.385. The Morgan fingerprint density at radius 3 is 2.82 bits per heavy atom. The summed E-state index contributed by atoms with van der Waals surface area (Å²) in [6, 6.07) is 8.20. The minimum atomic E-state index is 0.506. The Labute approximate surface area is 99.8 Å². The fourth-order valence-corrected chi connectivity index (χ4v) is 2.56. The number of fused-ring (bicyclic) bond motifs is 1. The van der Waals surface area contributed by atoms with E-state index in [1.807, 2.05) is 23.1 Å². The Bertz CT molecular complexity index is 558. The lowest BCUT2D eigenvalue weighted by atomic mass is 9.92. The number of piperidine rings is 1. The van der Waals surface area contributed by atoms with Crippen LogP contribution in [0.5, 0.6) is 0 Å². The summed E-state index contributed by atoms with van der Waals surface area (Å²) in [4.78, 5) is 1.83. The van der Waals surface area contributed by atoms with Crippen molar-refractivity contribution in [1.29, 1.82) is 5.26 Å². The molecule has 4 nitrogen and oxygen atoms in total. The molecule has 1 aromatic carbocycles. The number of H-pyrrole nitrogens is 1. The monoisotopic (exact) mass is 226 g/mol. The number of aromatic amines is 1. The van der Waals surface area contributed by atoms with Crippen LogP contribution < -0.4 is 0 Å². The summed E-state index contributed by atoms with van der Waals surface area (Å²) >= 11 is 0. The van der Waals surface area contributed by atoms with Crippen molar-refractivity contribution in [3.63, 3.8) is 0 Å². The number of likely N-dealkylation sites (tertiary alicyclic amines) is 1. The average Bonchev–Trinajstić information content (AvgIpc) is 2.83. The molecule has 0 radical (unpaired) electrons. The number of nitriles is 1. The van der Waals surface area contributed by atoms with Gasteiger partial charge in [-0.15, -0.1) is 0 Å². The first-order valence-electron chi connectivity index (χ1n) is 5.96. The number of para-hydroxylation sites is 1. The predicted molar refractivity (Wildman–Crippen MR) is 65.3 cm³/mol. The molecule has 0 atom stereocenters. The summed E-state index contributed by atoms with van der Waals surface area (Å²) in [5.41, 5.74) is 2.27. The lowest BCUT2D eigenvalue weighted by Crippen LogP contribution is -2.29. The van der Waals surface area contributed by atoms with Crippen molar-refractivity contribution in [3.05, 3.63) is 30.0 Å². The second-order valence-corrected chi connectivity index (χ2v) is 4.52. The number of hydrogen-bond donors (Lipinski definition) is 1. The molecule has 0 aliphatic carbocycles. The summed E-state index contributed by atoms with van der Waals surface area (Å²) in [7, 11) is 0. The molecule has 2 heterocycles. The molecule has 1 aliphatic rings. The minimum Gasteiger partial charge on any atom is -0.311 e. The molecular weight excluding hydrogens is 212 g/mol. The maximum Gasteiger partial charge on any atom is 0.179 e. The van der Waals surface area contributed by atoms with Crippen LogP contribution in [-0.4, -0.2) is 28.2 Å². The van der Waals surface area contributed by atoms with E-state index in [1.54, 1.807) is 0 Å². The second-order valence-electron chi connectivity index (χ2n) is 4.52. The van der Waals surface area contributed by atoms with E-state index in [0.717, 1.165) is 31.4 Å². The quantitative estimate of drug-likeness (QED) is 0.758. The molecule has 0 amide bonds. The molecule has 0 bridgehead atoms. The van der Waals surface area contributed by atoms with Crippen molar-refractivity contribution in [2.24, 2.45) is 0 Å². The smallest absolute Gasteiger partial charge is 0.179 e. The molecule has 1 aliphatic heterocycles. The largest absolute Gasteiger partial charge is 0.311 e. The molecule has 1 saturated heterocycles. The van der Waals surface area contributed by atoms with Crippen molar-refractivity contribution in [3.8, 4) is 6.19 Å². The first kappa shape index (κ1) is 10.2. The van der Waals surface area contributed by atoms with Gasteiger partial charge in [-0.25, -0.2) is 0 Å². The molecule has 1 aromatic heterocycles. The Hall–Kier alpha value is -2.02. The van der Waals surface area contributed by atoms with Gasteiger partial charge in [0.1, 0.15) is 0 Å². The number of hydrogen-bond acceptors (Lipinski definition) is 3. The van der Waals surface area contributed by atoms with Crippen LogP contribution in [-0.2, 0) is 0 Å². The highest BCUT2D eigenvalue weighted by Gasteiger charge is 2.22. The standard InChI is InChI=1S/C13H14N4/c14-9-17-7-5-10(6-8-17)13-11-3-1-2-4-12(11)15-16-13/h1-4,10H,5-8H2,(H,15,16). The zero-order valence-electron chi connectivity index (χ0n) is 9.56. The van der Waals surface area contributed by atoms with E-state index < -0.39 is 0 Å². The van der Waals surface area contributed by atoms with Gasteiger partial charge < -0.3 is 4.90 Å². The Kier molecular flexibility index (Phi) is 2.45. The van der Waals surface area contributed by atoms with Gasteiger partial charge in [0.25, 0.3) is 0 Å². The lowest BCUT2D eigenvalue weighted by molar-refractivity contribution is 0.293. The Balaban J connectivity index is 1.88. The third-order valence-electron chi connectivity index (χ3n) is 3.54. The maximum atomic E-state index is 8.84. The number of benzene rings is 1. The lowest BCUT2D eigenvalue weighted by Gasteiger charge is -2.27. The molecule has 86 valence electrons. The van der Waals surface area contributed by atoms with Crippen LogP contribution in [0.2, 0.25) is 0 Å². The summed E-state index contributed by atoms with van der Waals surface area (Å²) in [6.07, 6.45) is 4.27. The molecule has 3 rings (SSSR count). The van der Waals surface area contributed by atoms with Gasteiger partial charge in [0.05, 0.1) is 5.52 Å². The summed E-state index contributed by atoms with van der Waals surface area (Å²) < 4.78 is 0. The highest BCUT2D eigenvalue weighted by Crippen LogP contribution is 2.30. The van der Waals surface area contributed by atoms with Crippen LogP contribution in [0.3, 0.4) is 0 Å². The molecule has 1 fully saturated rings. The third kappa shape index (κ3) is 1.74. The second kappa shape index (κ2) is 4.10. The number of nitrogens with one attached hydrogen (secondary N) is 1. The van der Waals surface area contributed by atoms with Crippen LogP contribution in [0.4, 0.5) is 0 Å². The molecule has 0 saturated carbocycles. The molecule has 0 unspecified atom stereocenters. The van der Waals surface area contributed by atoms with E-state index in [-0.39, 0.29) is 0 Å².